The highest BCUT2D eigenvalue weighted by Crippen LogP contribution is 2.50. The topological polar surface area (TPSA) is 200 Å². The predicted octanol–water partition coefficient (Wildman–Crippen LogP) is 2.53. The first-order valence-electron chi connectivity index (χ1n) is 11.7. The first-order chi connectivity index (χ1) is 19.0. The summed E-state index contributed by atoms with van der Waals surface area (Å²) in [5.74, 6) is -6.11. The van der Waals surface area contributed by atoms with E-state index in [2.05, 4.69) is 0 Å². The fourth-order valence-corrected chi connectivity index (χ4v) is 4.32. The van der Waals surface area contributed by atoms with Gasteiger partial charge in [0.2, 0.25) is 12.2 Å². The van der Waals surface area contributed by atoms with Gasteiger partial charge in [-0.25, -0.2) is 14.4 Å². The van der Waals surface area contributed by atoms with Crippen molar-refractivity contribution in [3.63, 3.8) is 0 Å². The van der Waals surface area contributed by atoms with Crippen molar-refractivity contribution in [3.05, 3.63) is 76.9 Å². The zero-order valence-electron chi connectivity index (χ0n) is 20.8. The molecule has 0 aliphatic carbocycles. The van der Waals surface area contributed by atoms with Crippen LogP contribution in [0.1, 0.15) is 28.2 Å². The van der Waals surface area contributed by atoms with Crippen LogP contribution in [0.25, 0.3) is 6.08 Å². The number of aliphatic carboxylic acids is 1. The highest BCUT2D eigenvalue weighted by Gasteiger charge is 2.44. The summed E-state index contributed by atoms with van der Waals surface area (Å²) in [7, 11) is 1.15. The number of ether oxygens (including phenoxy) is 3. The van der Waals surface area contributed by atoms with Crippen molar-refractivity contribution in [3.8, 4) is 34.5 Å². The molecule has 12 nitrogen and oxygen atoms in total. The van der Waals surface area contributed by atoms with E-state index < -0.39 is 53.3 Å². The molecule has 3 atom stereocenters. The zero-order chi connectivity index (χ0) is 29.1. The van der Waals surface area contributed by atoms with E-state index in [-0.39, 0.29) is 34.8 Å². The van der Waals surface area contributed by atoms with Crippen molar-refractivity contribution in [1.82, 2.24) is 0 Å². The third-order valence-electron chi connectivity index (χ3n) is 6.25. The Bertz CT molecular complexity index is 1510. The molecule has 0 bridgehead atoms. The van der Waals surface area contributed by atoms with Gasteiger partial charge in [-0.1, -0.05) is 12.1 Å². The van der Waals surface area contributed by atoms with Crippen molar-refractivity contribution in [1.29, 1.82) is 0 Å². The van der Waals surface area contributed by atoms with Gasteiger partial charge in [0.1, 0.15) is 11.5 Å². The van der Waals surface area contributed by atoms with E-state index in [9.17, 15) is 45.0 Å². The van der Waals surface area contributed by atoms with Crippen LogP contribution in [0.5, 0.6) is 34.5 Å². The number of aromatic hydroxyl groups is 5. The van der Waals surface area contributed by atoms with Gasteiger partial charge in [0.15, 0.2) is 23.0 Å². The highest BCUT2D eigenvalue weighted by atomic mass is 16.6. The summed E-state index contributed by atoms with van der Waals surface area (Å²) >= 11 is 0. The average Bonchev–Trinajstić information content (AvgIpc) is 3.33. The van der Waals surface area contributed by atoms with E-state index in [0.717, 1.165) is 19.3 Å². The van der Waals surface area contributed by atoms with Crippen LogP contribution in [0.2, 0.25) is 0 Å². The monoisotopic (exact) mass is 552 g/mol. The number of phenolic OH excluding ortho intramolecular Hbond substituents is 5. The lowest BCUT2D eigenvalue weighted by Gasteiger charge is -2.18. The third kappa shape index (κ3) is 5.55. The lowest BCUT2D eigenvalue weighted by Crippen LogP contribution is -2.30. The zero-order valence-corrected chi connectivity index (χ0v) is 20.8. The third-order valence-corrected chi connectivity index (χ3v) is 6.25. The lowest BCUT2D eigenvalue weighted by atomic mass is 9.86. The first-order valence-corrected chi connectivity index (χ1v) is 11.7. The Balaban J connectivity index is 1.61. The Morgan fingerprint density at radius 3 is 2.17 bits per heavy atom. The number of benzene rings is 3. The van der Waals surface area contributed by atoms with Crippen molar-refractivity contribution in [2.24, 2.45) is 0 Å². The Morgan fingerprint density at radius 1 is 0.900 bits per heavy atom. The molecule has 0 saturated carbocycles. The van der Waals surface area contributed by atoms with Gasteiger partial charge in [-0.3, -0.25) is 0 Å². The van der Waals surface area contributed by atoms with E-state index in [1.165, 1.54) is 48.5 Å². The number of rotatable bonds is 8. The molecule has 6 N–H and O–H groups in total. The minimum absolute atomic E-state index is 0.0337. The van der Waals surface area contributed by atoms with E-state index in [1.54, 1.807) is 0 Å². The van der Waals surface area contributed by atoms with E-state index in [1.807, 2.05) is 0 Å². The van der Waals surface area contributed by atoms with Crippen LogP contribution in [0, 0.1) is 0 Å². The number of fused-ring (bicyclic) bond motifs is 1. The fourth-order valence-electron chi connectivity index (χ4n) is 4.32. The van der Waals surface area contributed by atoms with Crippen LogP contribution in [0.3, 0.4) is 0 Å². The Labute approximate surface area is 226 Å². The van der Waals surface area contributed by atoms with Gasteiger partial charge in [0.05, 0.1) is 13.0 Å². The summed E-state index contributed by atoms with van der Waals surface area (Å²) in [6.45, 7) is 0. The van der Waals surface area contributed by atoms with E-state index >= 15 is 0 Å². The number of esters is 2. The fraction of sp³-hybridized carbons (Fsp3) is 0.179. The number of carboxylic acid groups (broad SMARTS) is 1. The molecular weight excluding hydrogens is 528 g/mol. The molecule has 3 aromatic carbocycles. The maximum Gasteiger partial charge on any atom is 0.348 e. The van der Waals surface area contributed by atoms with Crippen LogP contribution >= 0.6 is 0 Å². The number of phenols is 5. The molecular formula is C28H24O12. The second-order valence-electron chi connectivity index (χ2n) is 8.83. The summed E-state index contributed by atoms with van der Waals surface area (Å²) in [6, 6.07) is 10.3. The van der Waals surface area contributed by atoms with E-state index in [4.69, 9.17) is 14.2 Å². The normalized spacial score (nSPS) is 16.6. The molecule has 0 radical (unpaired) electrons. The van der Waals surface area contributed by atoms with Gasteiger partial charge >= 0.3 is 17.9 Å². The Hall–Kier alpha value is -5.39. The molecule has 0 amide bonds. The number of hydrogen-bond acceptors (Lipinski definition) is 11. The van der Waals surface area contributed by atoms with Crippen LogP contribution < -0.4 is 4.74 Å². The average molecular weight is 552 g/mol. The van der Waals surface area contributed by atoms with Gasteiger partial charge in [0.25, 0.3) is 0 Å². The molecule has 208 valence electrons. The standard InChI is InChI=1S/C28H24O12/c1-38-28(37)26-23(15-4-7-17(30)20(33)12-15)24-18(31)8-3-14(25(24)40-26)5-9-22(34)39-21(27(35)36)11-13-2-6-16(29)19(32)10-13/h2-10,12,21,23,26,29-33H,11H2,1H3,(H,35,36)/b9-5+. The van der Waals surface area contributed by atoms with Gasteiger partial charge < -0.3 is 44.8 Å². The largest absolute Gasteiger partial charge is 0.508 e. The molecule has 12 heteroatoms. The van der Waals surface area contributed by atoms with Crippen molar-refractivity contribution >= 4 is 24.0 Å². The maximum atomic E-state index is 12.6. The van der Waals surface area contributed by atoms with Crippen LogP contribution in [-0.2, 0) is 30.3 Å². The molecule has 0 aromatic heterocycles. The molecule has 0 spiro atoms. The van der Waals surface area contributed by atoms with Crippen LogP contribution in [-0.4, -0.2) is 67.9 Å². The minimum Gasteiger partial charge on any atom is -0.508 e. The summed E-state index contributed by atoms with van der Waals surface area (Å²) in [5, 5.41) is 58.9. The molecule has 1 heterocycles. The minimum atomic E-state index is -1.61. The quantitative estimate of drug-likeness (QED) is 0.136. The number of hydrogen-bond donors (Lipinski definition) is 6. The number of carbonyl (C=O) groups excluding carboxylic acids is 2. The van der Waals surface area contributed by atoms with Gasteiger partial charge in [0, 0.05) is 23.6 Å². The predicted molar refractivity (Wildman–Crippen MR) is 136 cm³/mol. The number of carbonyl (C=O) groups is 3. The lowest BCUT2D eigenvalue weighted by molar-refractivity contribution is -0.160. The molecule has 4 rings (SSSR count). The van der Waals surface area contributed by atoms with Crippen molar-refractivity contribution in [2.75, 3.05) is 7.11 Å². The molecule has 3 unspecified atom stereocenters. The summed E-state index contributed by atoms with van der Waals surface area (Å²) < 4.78 is 15.7. The maximum absolute atomic E-state index is 12.6. The van der Waals surface area contributed by atoms with Crippen molar-refractivity contribution in [2.45, 2.75) is 24.5 Å². The van der Waals surface area contributed by atoms with Gasteiger partial charge in [-0.05, 0) is 53.6 Å². The van der Waals surface area contributed by atoms with Gasteiger partial charge in [-0.2, -0.15) is 0 Å². The summed E-state index contributed by atoms with van der Waals surface area (Å²) in [5.41, 5.74) is 1.01. The second kappa shape index (κ2) is 11.2. The van der Waals surface area contributed by atoms with Crippen molar-refractivity contribution < 1.29 is 59.2 Å². The summed E-state index contributed by atoms with van der Waals surface area (Å²) in [6.07, 6.45) is -1.00. The number of carboxylic acids is 1. The van der Waals surface area contributed by atoms with Gasteiger partial charge in [-0.15, -0.1) is 0 Å². The molecule has 1 aliphatic heterocycles. The molecule has 1 aliphatic rings. The molecule has 3 aromatic rings. The SMILES string of the molecule is COC(=O)C1Oc2c(/C=C/C(=O)OC(Cc3ccc(O)c(O)c3)C(=O)O)ccc(O)c2C1c1ccc(O)c(O)c1. The van der Waals surface area contributed by atoms with Crippen LogP contribution in [0.15, 0.2) is 54.6 Å². The first kappa shape index (κ1) is 27.6. The second-order valence-corrected chi connectivity index (χ2v) is 8.83. The Kier molecular flexibility index (Phi) is 7.71. The highest BCUT2D eigenvalue weighted by molar-refractivity contribution is 5.90. The van der Waals surface area contributed by atoms with E-state index in [0.29, 0.717) is 11.1 Å². The molecule has 0 fully saturated rings. The molecule has 40 heavy (non-hydrogen) atoms. The Morgan fingerprint density at radius 2 is 1.55 bits per heavy atom. The molecule has 0 saturated heterocycles. The smallest absolute Gasteiger partial charge is 0.348 e. The summed E-state index contributed by atoms with van der Waals surface area (Å²) in [4.78, 5) is 36.7. The van der Waals surface area contributed by atoms with Crippen LogP contribution in [0.4, 0.5) is 0 Å². The number of methoxy groups -OCH3 is 1.